The number of nitrogens with one attached hydrogen (secondary N) is 1. The molecule has 23 heavy (non-hydrogen) atoms. The van der Waals surface area contributed by atoms with Crippen molar-refractivity contribution in [1.29, 1.82) is 0 Å². The van der Waals surface area contributed by atoms with Crippen LogP contribution in [0.4, 0.5) is 5.13 Å². The Bertz CT molecular complexity index is 739. The summed E-state index contributed by atoms with van der Waals surface area (Å²) in [5.74, 6) is -1.02. The van der Waals surface area contributed by atoms with E-state index in [1.807, 2.05) is 0 Å². The fourth-order valence-electron chi connectivity index (χ4n) is 2.62. The Balaban J connectivity index is 1.78. The van der Waals surface area contributed by atoms with Gasteiger partial charge in [-0.15, -0.1) is 11.3 Å². The van der Waals surface area contributed by atoms with Crippen LogP contribution in [0.25, 0.3) is 0 Å². The van der Waals surface area contributed by atoms with Crippen LogP contribution in [0, 0.1) is 0 Å². The van der Waals surface area contributed by atoms with Gasteiger partial charge in [-0.1, -0.05) is 0 Å². The number of aliphatic carboxylic acids is 1. The van der Waals surface area contributed by atoms with Crippen molar-refractivity contribution in [2.24, 2.45) is 0 Å². The molecular weight excluding hydrogens is 316 g/mol. The summed E-state index contributed by atoms with van der Waals surface area (Å²) >= 11 is 1.36. The highest BCUT2D eigenvalue weighted by atomic mass is 32.1. The first-order valence-corrected chi connectivity index (χ1v) is 8.08. The van der Waals surface area contributed by atoms with Gasteiger partial charge in [-0.2, -0.15) is 0 Å². The molecule has 1 heterocycles. The summed E-state index contributed by atoms with van der Waals surface area (Å²) in [6.07, 6.45) is 2.24. The number of hydrogen-bond donors (Lipinski definition) is 2. The molecule has 7 heteroatoms. The van der Waals surface area contributed by atoms with Gasteiger partial charge in [0, 0.05) is 10.4 Å². The van der Waals surface area contributed by atoms with Crippen LogP contribution in [0.3, 0.4) is 0 Å². The van der Waals surface area contributed by atoms with Crippen molar-refractivity contribution in [2.45, 2.75) is 25.2 Å². The third-order valence-corrected chi connectivity index (χ3v) is 4.87. The molecule has 0 bridgehead atoms. The number of carbonyl (C=O) groups excluding carboxylic acids is 1. The molecule has 1 aliphatic rings. The number of aryl methyl sites for hydroxylation is 1. The molecule has 0 saturated carbocycles. The molecule has 1 aliphatic carbocycles. The minimum absolute atomic E-state index is 0.273. The van der Waals surface area contributed by atoms with Gasteiger partial charge in [-0.3, -0.25) is 14.9 Å². The lowest BCUT2D eigenvalue weighted by Crippen LogP contribution is -2.17. The van der Waals surface area contributed by atoms with E-state index in [0.29, 0.717) is 28.6 Å². The fraction of sp³-hybridized carbons (Fsp3) is 0.312. The molecule has 0 radical (unpaired) electrons. The minimum atomic E-state index is -0.857. The molecule has 2 aromatic rings. The molecule has 1 aromatic carbocycles. The van der Waals surface area contributed by atoms with Crippen LogP contribution in [-0.4, -0.2) is 29.1 Å². The van der Waals surface area contributed by atoms with Crippen molar-refractivity contribution in [1.82, 2.24) is 4.98 Å². The summed E-state index contributed by atoms with van der Waals surface area (Å²) in [4.78, 5) is 28.8. The summed E-state index contributed by atoms with van der Waals surface area (Å²) in [6, 6.07) is 6.76. The highest BCUT2D eigenvalue weighted by Gasteiger charge is 2.30. The molecule has 120 valence electrons. The Kier molecular flexibility index (Phi) is 4.29. The standard InChI is InChI=1S/C16H16N2O4S/c1-22-10-7-5-9(6-8-10)14(19)18-16-17-13-11(15(20)21)3-2-4-12(13)23-16/h5-8,11H,2-4H2,1H3,(H,20,21)(H,17,18,19)/t11-/m1/s1. The Labute approximate surface area is 137 Å². The number of benzene rings is 1. The summed E-state index contributed by atoms with van der Waals surface area (Å²) in [7, 11) is 1.56. The van der Waals surface area contributed by atoms with Crippen LogP contribution in [0.15, 0.2) is 24.3 Å². The molecule has 2 N–H and O–H groups in total. The molecule has 1 aromatic heterocycles. The van der Waals surface area contributed by atoms with Gasteiger partial charge in [-0.25, -0.2) is 4.98 Å². The topological polar surface area (TPSA) is 88.5 Å². The molecule has 0 spiro atoms. The Morgan fingerprint density at radius 3 is 2.74 bits per heavy atom. The van der Waals surface area contributed by atoms with Gasteiger partial charge in [0.1, 0.15) is 11.7 Å². The first-order valence-electron chi connectivity index (χ1n) is 7.26. The predicted octanol–water partition coefficient (Wildman–Crippen LogP) is 2.91. The molecule has 1 atom stereocenters. The van der Waals surface area contributed by atoms with Gasteiger partial charge in [-0.05, 0) is 43.5 Å². The van der Waals surface area contributed by atoms with Crippen molar-refractivity contribution in [3.63, 3.8) is 0 Å². The predicted molar refractivity (Wildman–Crippen MR) is 86.4 cm³/mol. The zero-order valence-corrected chi connectivity index (χ0v) is 13.4. The van der Waals surface area contributed by atoms with E-state index in [-0.39, 0.29) is 5.91 Å². The molecule has 0 saturated heterocycles. The smallest absolute Gasteiger partial charge is 0.312 e. The number of carboxylic acids is 1. The maximum Gasteiger partial charge on any atom is 0.312 e. The fourth-order valence-corrected chi connectivity index (χ4v) is 3.68. The van der Waals surface area contributed by atoms with E-state index in [0.717, 1.165) is 17.7 Å². The average molecular weight is 332 g/mol. The lowest BCUT2D eigenvalue weighted by atomic mass is 9.91. The van der Waals surface area contributed by atoms with E-state index >= 15 is 0 Å². The largest absolute Gasteiger partial charge is 0.497 e. The molecular formula is C16H16N2O4S. The molecule has 0 aliphatic heterocycles. The second-order valence-corrected chi connectivity index (χ2v) is 6.38. The van der Waals surface area contributed by atoms with Crippen molar-refractivity contribution in [3.8, 4) is 5.75 Å². The Morgan fingerprint density at radius 1 is 1.35 bits per heavy atom. The normalized spacial score (nSPS) is 16.5. The van der Waals surface area contributed by atoms with E-state index in [1.165, 1.54) is 11.3 Å². The maximum absolute atomic E-state index is 12.2. The number of rotatable bonds is 4. The Hall–Kier alpha value is -2.41. The highest BCUT2D eigenvalue weighted by molar-refractivity contribution is 7.15. The first-order chi connectivity index (χ1) is 11.1. The number of carbonyl (C=O) groups is 2. The number of methoxy groups -OCH3 is 1. The third-order valence-electron chi connectivity index (χ3n) is 3.83. The van der Waals surface area contributed by atoms with Gasteiger partial charge < -0.3 is 9.84 Å². The van der Waals surface area contributed by atoms with Crippen LogP contribution in [0.1, 0.15) is 39.7 Å². The molecule has 6 nitrogen and oxygen atoms in total. The lowest BCUT2D eigenvalue weighted by Gasteiger charge is -2.16. The Morgan fingerprint density at radius 2 is 2.09 bits per heavy atom. The van der Waals surface area contributed by atoms with Crippen molar-refractivity contribution in [3.05, 3.63) is 40.4 Å². The lowest BCUT2D eigenvalue weighted by molar-refractivity contribution is -0.139. The highest BCUT2D eigenvalue weighted by Crippen LogP contribution is 2.36. The van der Waals surface area contributed by atoms with E-state index < -0.39 is 11.9 Å². The number of aromatic nitrogens is 1. The quantitative estimate of drug-likeness (QED) is 0.899. The number of anilines is 1. The number of fused-ring (bicyclic) bond motifs is 1. The summed E-state index contributed by atoms with van der Waals surface area (Å²) in [6.45, 7) is 0. The van der Waals surface area contributed by atoms with E-state index in [9.17, 15) is 14.7 Å². The number of hydrogen-bond acceptors (Lipinski definition) is 5. The van der Waals surface area contributed by atoms with Crippen molar-refractivity contribution in [2.75, 3.05) is 12.4 Å². The number of nitrogens with zero attached hydrogens (tertiary/aromatic N) is 1. The third kappa shape index (κ3) is 3.19. The molecule has 1 amide bonds. The van der Waals surface area contributed by atoms with Crippen molar-refractivity contribution < 1.29 is 19.4 Å². The van der Waals surface area contributed by atoms with Gasteiger partial charge in [0.15, 0.2) is 5.13 Å². The van der Waals surface area contributed by atoms with Gasteiger partial charge in [0.2, 0.25) is 0 Å². The zero-order chi connectivity index (χ0) is 16.4. The van der Waals surface area contributed by atoms with Crippen LogP contribution >= 0.6 is 11.3 Å². The second kappa shape index (κ2) is 6.37. The maximum atomic E-state index is 12.2. The zero-order valence-electron chi connectivity index (χ0n) is 12.5. The summed E-state index contributed by atoms with van der Waals surface area (Å²) in [5, 5.41) is 12.5. The van der Waals surface area contributed by atoms with E-state index in [4.69, 9.17) is 4.74 Å². The van der Waals surface area contributed by atoms with Crippen LogP contribution in [0.2, 0.25) is 0 Å². The summed E-state index contributed by atoms with van der Waals surface area (Å²) in [5.41, 5.74) is 1.09. The van der Waals surface area contributed by atoms with E-state index in [2.05, 4.69) is 10.3 Å². The number of carboxylic acid groups (broad SMARTS) is 1. The van der Waals surface area contributed by atoms with E-state index in [1.54, 1.807) is 31.4 Å². The van der Waals surface area contributed by atoms with Gasteiger partial charge >= 0.3 is 5.97 Å². The molecule has 0 unspecified atom stereocenters. The van der Waals surface area contributed by atoms with Crippen molar-refractivity contribution >= 4 is 28.3 Å². The first kappa shape index (κ1) is 15.5. The number of thiazole rings is 1. The average Bonchev–Trinajstić information content (AvgIpc) is 2.96. The van der Waals surface area contributed by atoms with Crippen LogP contribution in [0.5, 0.6) is 5.75 Å². The van der Waals surface area contributed by atoms with Crippen LogP contribution < -0.4 is 10.1 Å². The SMILES string of the molecule is COc1ccc(C(=O)Nc2nc3c(s2)CCC[C@H]3C(=O)O)cc1. The molecule has 0 fully saturated rings. The monoisotopic (exact) mass is 332 g/mol. The van der Waals surface area contributed by atoms with Gasteiger partial charge in [0.05, 0.1) is 12.8 Å². The number of ether oxygens (including phenoxy) is 1. The number of amides is 1. The molecule has 3 rings (SSSR count). The van der Waals surface area contributed by atoms with Gasteiger partial charge in [0.25, 0.3) is 5.91 Å². The van der Waals surface area contributed by atoms with Crippen LogP contribution in [-0.2, 0) is 11.2 Å². The second-order valence-electron chi connectivity index (χ2n) is 5.29. The summed E-state index contributed by atoms with van der Waals surface area (Å²) < 4.78 is 5.06. The minimum Gasteiger partial charge on any atom is -0.497 e.